The first-order valence-electron chi connectivity index (χ1n) is 4.23. The number of rotatable bonds is 1. The lowest BCUT2D eigenvalue weighted by molar-refractivity contribution is -0.151. The zero-order chi connectivity index (χ0) is 8.77. The van der Waals surface area contributed by atoms with Gasteiger partial charge >= 0.3 is 5.97 Å². The number of hydrogen-bond donors (Lipinski definition) is 2. The molecule has 2 bridgehead atoms. The van der Waals surface area contributed by atoms with Gasteiger partial charge in [0.15, 0.2) is 0 Å². The van der Waals surface area contributed by atoms with Crippen LogP contribution in [0.5, 0.6) is 0 Å². The maximum Gasteiger partial charge on any atom is 0.328 e. The van der Waals surface area contributed by atoms with Crippen LogP contribution in [-0.2, 0) is 9.53 Å². The number of carbonyl (C=O) groups excluding carboxylic acids is 1. The van der Waals surface area contributed by atoms with Crippen LogP contribution in [0.1, 0.15) is 19.3 Å². The molecule has 0 saturated carbocycles. The van der Waals surface area contributed by atoms with Gasteiger partial charge in [-0.15, -0.1) is 0 Å². The summed E-state index contributed by atoms with van der Waals surface area (Å²) in [5.41, 5.74) is -0.778. The van der Waals surface area contributed by atoms with Crippen molar-refractivity contribution in [3.8, 4) is 0 Å². The quantitative estimate of drug-likeness (QED) is 0.518. The minimum atomic E-state index is -0.778. The maximum absolute atomic E-state index is 11.4. The average Bonchev–Trinajstić information content (AvgIpc) is 2.60. The van der Waals surface area contributed by atoms with Gasteiger partial charge in [0.05, 0.1) is 13.2 Å². The smallest absolute Gasteiger partial charge is 0.328 e. The number of methoxy groups -OCH3 is 1. The van der Waals surface area contributed by atoms with E-state index in [1.165, 1.54) is 7.11 Å². The Morgan fingerprint density at radius 3 is 2.92 bits per heavy atom. The molecule has 3 atom stereocenters. The lowest BCUT2D eigenvalue weighted by atomic mass is 9.85. The SMILES string of the molecule is COC(=O)C12CCC(CC1O)N2. The highest BCUT2D eigenvalue weighted by Gasteiger charge is 2.57. The van der Waals surface area contributed by atoms with Crippen molar-refractivity contribution in [1.29, 1.82) is 0 Å². The number of ether oxygens (including phenoxy) is 1. The molecular weight excluding hydrogens is 158 g/mol. The Morgan fingerprint density at radius 2 is 2.50 bits per heavy atom. The normalized spacial score (nSPS) is 44.8. The van der Waals surface area contributed by atoms with Gasteiger partial charge in [0, 0.05) is 6.04 Å². The highest BCUT2D eigenvalue weighted by molar-refractivity contribution is 5.83. The fourth-order valence-corrected chi connectivity index (χ4v) is 2.30. The largest absolute Gasteiger partial charge is 0.468 e. The minimum absolute atomic E-state index is 0.305. The van der Waals surface area contributed by atoms with Crippen molar-refractivity contribution in [1.82, 2.24) is 5.32 Å². The second-order valence-corrected chi connectivity index (χ2v) is 3.59. The van der Waals surface area contributed by atoms with E-state index in [-0.39, 0.29) is 5.97 Å². The van der Waals surface area contributed by atoms with Gasteiger partial charge in [-0.3, -0.25) is 5.32 Å². The number of aliphatic hydroxyl groups excluding tert-OH is 1. The Morgan fingerprint density at radius 1 is 1.75 bits per heavy atom. The van der Waals surface area contributed by atoms with E-state index in [4.69, 9.17) is 0 Å². The van der Waals surface area contributed by atoms with Crippen molar-refractivity contribution in [2.75, 3.05) is 7.11 Å². The number of aliphatic hydroxyl groups is 1. The van der Waals surface area contributed by atoms with Crippen LogP contribution in [0, 0.1) is 0 Å². The summed E-state index contributed by atoms with van der Waals surface area (Å²) < 4.78 is 4.66. The van der Waals surface area contributed by atoms with Gasteiger partial charge in [-0.1, -0.05) is 0 Å². The molecule has 2 aliphatic heterocycles. The molecule has 2 saturated heterocycles. The van der Waals surface area contributed by atoms with Crippen LogP contribution in [0.25, 0.3) is 0 Å². The van der Waals surface area contributed by atoms with Crippen LogP contribution in [0.15, 0.2) is 0 Å². The van der Waals surface area contributed by atoms with Gasteiger partial charge in [0.2, 0.25) is 0 Å². The molecule has 2 heterocycles. The van der Waals surface area contributed by atoms with Crippen LogP contribution in [0.2, 0.25) is 0 Å². The summed E-state index contributed by atoms with van der Waals surface area (Å²) in [4.78, 5) is 11.4. The number of fused-ring (bicyclic) bond motifs is 2. The molecule has 0 spiro atoms. The molecule has 4 heteroatoms. The molecule has 68 valence electrons. The van der Waals surface area contributed by atoms with E-state index in [0.717, 1.165) is 6.42 Å². The van der Waals surface area contributed by atoms with E-state index in [1.807, 2.05) is 0 Å². The average molecular weight is 171 g/mol. The lowest BCUT2D eigenvalue weighted by Crippen LogP contribution is -2.53. The zero-order valence-corrected chi connectivity index (χ0v) is 7.04. The summed E-state index contributed by atoms with van der Waals surface area (Å²) in [7, 11) is 1.36. The molecule has 0 aliphatic carbocycles. The molecule has 0 amide bonds. The molecule has 0 aromatic rings. The third kappa shape index (κ3) is 0.820. The van der Waals surface area contributed by atoms with E-state index in [1.54, 1.807) is 0 Å². The van der Waals surface area contributed by atoms with E-state index >= 15 is 0 Å². The number of carbonyl (C=O) groups is 1. The topological polar surface area (TPSA) is 58.6 Å². The Labute approximate surface area is 70.9 Å². The lowest BCUT2D eigenvalue weighted by Gasteiger charge is -2.27. The first-order chi connectivity index (χ1) is 5.69. The zero-order valence-electron chi connectivity index (χ0n) is 7.04. The Kier molecular flexibility index (Phi) is 1.63. The second-order valence-electron chi connectivity index (χ2n) is 3.59. The fourth-order valence-electron chi connectivity index (χ4n) is 2.30. The van der Waals surface area contributed by atoms with E-state index in [0.29, 0.717) is 18.9 Å². The molecule has 2 N–H and O–H groups in total. The highest BCUT2D eigenvalue weighted by Crippen LogP contribution is 2.38. The standard InChI is InChI=1S/C8H13NO3/c1-12-7(11)8-3-2-5(9-8)4-6(8)10/h5-6,9-10H,2-4H2,1H3. The summed E-state index contributed by atoms with van der Waals surface area (Å²) in [6.45, 7) is 0. The number of hydrogen-bond acceptors (Lipinski definition) is 4. The molecular formula is C8H13NO3. The van der Waals surface area contributed by atoms with Crippen molar-refractivity contribution >= 4 is 5.97 Å². The van der Waals surface area contributed by atoms with Crippen molar-refractivity contribution in [2.24, 2.45) is 0 Å². The number of esters is 1. The molecule has 4 nitrogen and oxygen atoms in total. The molecule has 2 fully saturated rings. The first kappa shape index (κ1) is 8.01. The predicted molar refractivity (Wildman–Crippen MR) is 41.5 cm³/mol. The van der Waals surface area contributed by atoms with Crippen molar-refractivity contribution in [2.45, 2.75) is 36.9 Å². The van der Waals surface area contributed by atoms with Crippen molar-refractivity contribution < 1.29 is 14.6 Å². The van der Waals surface area contributed by atoms with E-state index in [2.05, 4.69) is 10.1 Å². The van der Waals surface area contributed by atoms with Crippen LogP contribution in [0.3, 0.4) is 0 Å². The molecule has 12 heavy (non-hydrogen) atoms. The number of nitrogens with one attached hydrogen (secondary N) is 1. The Bertz CT molecular complexity index is 218. The van der Waals surface area contributed by atoms with Gasteiger partial charge in [0.1, 0.15) is 5.54 Å². The maximum atomic E-state index is 11.4. The van der Waals surface area contributed by atoms with E-state index in [9.17, 15) is 9.90 Å². The van der Waals surface area contributed by atoms with E-state index < -0.39 is 11.6 Å². The van der Waals surface area contributed by atoms with Crippen LogP contribution in [-0.4, -0.2) is 35.9 Å². The first-order valence-corrected chi connectivity index (χ1v) is 4.23. The van der Waals surface area contributed by atoms with Crippen molar-refractivity contribution in [3.05, 3.63) is 0 Å². The van der Waals surface area contributed by atoms with Gasteiger partial charge in [-0.05, 0) is 19.3 Å². The summed E-state index contributed by atoms with van der Waals surface area (Å²) >= 11 is 0. The monoisotopic (exact) mass is 171 g/mol. The molecule has 0 aromatic heterocycles. The van der Waals surface area contributed by atoms with Gasteiger partial charge < -0.3 is 9.84 Å². The molecule has 0 aromatic carbocycles. The third-order valence-electron chi connectivity index (χ3n) is 2.98. The Hall–Kier alpha value is -0.610. The summed E-state index contributed by atoms with van der Waals surface area (Å²) in [6, 6.07) is 0.305. The van der Waals surface area contributed by atoms with Crippen LogP contribution >= 0.6 is 0 Å². The fraction of sp³-hybridized carbons (Fsp3) is 0.875. The van der Waals surface area contributed by atoms with Gasteiger partial charge in [0.25, 0.3) is 0 Å². The Balaban J connectivity index is 2.23. The van der Waals surface area contributed by atoms with Crippen LogP contribution in [0.4, 0.5) is 0 Å². The summed E-state index contributed by atoms with van der Waals surface area (Å²) in [5, 5.41) is 12.7. The second kappa shape index (κ2) is 2.44. The van der Waals surface area contributed by atoms with Crippen molar-refractivity contribution in [3.63, 3.8) is 0 Å². The van der Waals surface area contributed by atoms with Gasteiger partial charge in [-0.25, -0.2) is 4.79 Å². The summed E-state index contributed by atoms with van der Waals surface area (Å²) in [5.74, 6) is -0.324. The molecule has 2 rings (SSSR count). The predicted octanol–water partition coefficient (Wildman–Crippen LogP) is -0.585. The molecule has 3 unspecified atom stereocenters. The summed E-state index contributed by atoms with van der Waals surface area (Å²) in [6.07, 6.45) is 1.77. The van der Waals surface area contributed by atoms with Gasteiger partial charge in [-0.2, -0.15) is 0 Å². The van der Waals surface area contributed by atoms with Crippen LogP contribution < -0.4 is 5.32 Å². The third-order valence-corrected chi connectivity index (χ3v) is 2.98. The minimum Gasteiger partial charge on any atom is -0.468 e. The molecule has 2 aliphatic rings. The highest BCUT2D eigenvalue weighted by atomic mass is 16.5. The molecule has 0 radical (unpaired) electrons.